The maximum absolute atomic E-state index is 5.98. The van der Waals surface area contributed by atoms with Crippen LogP contribution in [-0.4, -0.2) is 30.1 Å². The van der Waals surface area contributed by atoms with Crippen molar-refractivity contribution >= 4 is 24.8 Å². The number of piperidine rings is 1. The van der Waals surface area contributed by atoms with E-state index in [2.05, 4.69) is 4.90 Å². The maximum atomic E-state index is 5.98. The molecule has 2 atom stereocenters. The molecule has 2 N–H and O–H groups in total. The van der Waals surface area contributed by atoms with Crippen LogP contribution in [0.25, 0.3) is 0 Å². The van der Waals surface area contributed by atoms with Crippen molar-refractivity contribution in [3.05, 3.63) is 0 Å². The highest BCUT2D eigenvalue weighted by Crippen LogP contribution is 2.25. The van der Waals surface area contributed by atoms with Crippen LogP contribution in [0.3, 0.4) is 0 Å². The highest BCUT2D eigenvalue weighted by molar-refractivity contribution is 5.85. The summed E-state index contributed by atoms with van der Waals surface area (Å²) in [5.41, 5.74) is 5.98. The van der Waals surface area contributed by atoms with E-state index in [1.807, 2.05) is 0 Å². The van der Waals surface area contributed by atoms with E-state index in [4.69, 9.17) is 5.73 Å². The molecule has 0 aromatic carbocycles. The van der Waals surface area contributed by atoms with Crippen LogP contribution < -0.4 is 5.73 Å². The number of hydrogen-bond acceptors (Lipinski definition) is 2. The molecule has 12 heavy (non-hydrogen) atoms. The van der Waals surface area contributed by atoms with Crippen molar-refractivity contribution in [2.45, 2.75) is 37.8 Å². The standard InChI is InChI=1S/C8H16N2.2ClH/c9-7-3-1-5-10-6-2-4-8(7)10;;/h7-8H,1-6,9H2;2*1H. The number of rotatable bonds is 0. The van der Waals surface area contributed by atoms with Gasteiger partial charge in [-0.25, -0.2) is 0 Å². The Bertz CT molecular complexity index is 132. The van der Waals surface area contributed by atoms with Gasteiger partial charge < -0.3 is 5.73 Å². The molecule has 0 aromatic heterocycles. The van der Waals surface area contributed by atoms with Crippen molar-refractivity contribution in [3.8, 4) is 0 Å². The Hall–Kier alpha value is 0.500. The van der Waals surface area contributed by atoms with Crippen LogP contribution in [0, 0.1) is 0 Å². The van der Waals surface area contributed by atoms with Gasteiger partial charge in [0.1, 0.15) is 0 Å². The van der Waals surface area contributed by atoms with Crippen molar-refractivity contribution in [1.82, 2.24) is 4.90 Å². The molecule has 2 saturated heterocycles. The van der Waals surface area contributed by atoms with Gasteiger partial charge in [-0.2, -0.15) is 0 Å². The average molecular weight is 213 g/mol. The largest absolute Gasteiger partial charge is 0.326 e. The zero-order valence-electron chi connectivity index (χ0n) is 7.24. The first-order valence-corrected chi connectivity index (χ1v) is 4.37. The summed E-state index contributed by atoms with van der Waals surface area (Å²) in [7, 11) is 0. The molecule has 0 aliphatic carbocycles. The molecular weight excluding hydrogens is 195 g/mol. The van der Waals surface area contributed by atoms with Crippen molar-refractivity contribution in [3.63, 3.8) is 0 Å². The fourth-order valence-electron chi connectivity index (χ4n) is 2.34. The molecule has 2 unspecified atom stereocenters. The zero-order valence-corrected chi connectivity index (χ0v) is 8.87. The van der Waals surface area contributed by atoms with E-state index in [0.29, 0.717) is 6.04 Å². The third-order valence-electron chi connectivity index (χ3n) is 2.89. The topological polar surface area (TPSA) is 29.3 Å². The SMILES string of the molecule is Cl.Cl.NC1CCCN2CCCC12. The van der Waals surface area contributed by atoms with Gasteiger partial charge in [-0.3, -0.25) is 4.90 Å². The summed E-state index contributed by atoms with van der Waals surface area (Å²) in [6.07, 6.45) is 5.29. The second kappa shape index (κ2) is 5.28. The molecule has 0 aromatic rings. The Morgan fingerprint density at radius 2 is 1.58 bits per heavy atom. The summed E-state index contributed by atoms with van der Waals surface area (Å²) in [6, 6.07) is 1.23. The van der Waals surface area contributed by atoms with Gasteiger partial charge in [0.2, 0.25) is 0 Å². The molecule has 0 saturated carbocycles. The lowest BCUT2D eigenvalue weighted by Crippen LogP contribution is -2.48. The molecule has 2 heterocycles. The molecule has 74 valence electrons. The Morgan fingerprint density at radius 3 is 2.17 bits per heavy atom. The summed E-state index contributed by atoms with van der Waals surface area (Å²) >= 11 is 0. The number of fused-ring (bicyclic) bond motifs is 1. The molecular formula is C8H18Cl2N2. The smallest absolute Gasteiger partial charge is 0.0247 e. The second-order valence-corrected chi connectivity index (χ2v) is 3.55. The third kappa shape index (κ3) is 2.25. The van der Waals surface area contributed by atoms with Crippen molar-refractivity contribution in [2.75, 3.05) is 13.1 Å². The van der Waals surface area contributed by atoms with Gasteiger partial charge in [0.25, 0.3) is 0 Å². The monoisotopic (exact) mass is 212 g/mol. The quantitative estimate of drug-likeness (QED) is 0.659. The molecule has 0 radical (unpaired) electrons. The van der Waals surface area contributed by atoms with E-state index < -0.39 is 0 Å². The second-order valence-electron chi connectivity index (χ2n) is 3.55. The highest BCUT2D eigenvalue weighted by atomic mass is 35.5. The number of nitrogens with two attached hydrogens (primary N) is 1. The summed E-state index contributed by atoms with van der Waals surface area (Å²) in [5.74, 6) is 0. The van der Waals surface area contributed by atoms with Gasteiger partial charge in [0.05, 0.1) is 0 Å². The molecule has 0 amide bonds. The predicted molar refractivity (Wildman–Crippen MR) is 56.3 cm³/mol. The minimum atomic E-state index is 0. The van der Waals surface area contributed by atoms with E-state index in [9.17, 15) is 0 Å². The summed E-state index contributed by atoms with van der Waals surface area (Å²) in [5, 5.41) is 0. The number of halogens is 2. The first-order valence-electron chi connectivity index (χ1n) is 4.37. The van der Waals surface area contributed by atoms with Crippen LogP contribution in [-0.2, 0) is 0 Å². The summed E-state index contributed by atoms with van der Waals surface area (Å²) in [4.78, 5) is 2.56. The summed E-state index contributed by atoms with van der Waals surface area (Å²) in [6.45, 7) is 2.61. The minimum Gasteiger partial charge on any atom is -0.326 e. The molecule has 2 aliphatic rings. The van der Waals surface area contributed by atoms with Crippen LogP contribution >= 0.6 is 24.8 Å². The fourth-order valence-corrected chi connectivity index (χ4v) is 2.34. The Kier molecular flexibility index (Phi) is 5.50. The van der Waals surface area contributed by atoms with E-state index in [0.717, 1.165) is 6.04 Å². The zero-order chi connectivity index (χ0) is 6.97. The average Bonchev–Trinajstić information content (AvgIpc) is 2.36. The van der Waals surface area contributed by atoms with Gasteiger partial charge in [0, 0.05) is 12.1 Å². The van der Waals surface area contributed by atoms with Gasteiger partial charge in [-0.1, -0.05) is 0 Å². The molecule has 2 fully saturated rings. The maximum Gasteiger partial charge on any atom is 0.0247 e. The van der Waals surface area contributed by atoms with Gasteiger partial charge in [-0.15, -0.1) is 24.8 Å². The van der Waals surface area contributed by atoms with Crippen molar-refractivity contribution in [2.24, 2.45) is 5.73 Å². The predicted octanol–water partition coefficient (Wildman–Crippen LogP) is 1.42. The first-order chi connectivity index (χ1) is 4.88. The van der Waals surface area contributed by atoms with Crippen LogP contribution in [0.4, 0.5) is 0 Å². The van der Waals surface area contributed by atoms with Crippen molar-refractivity contribution < 1.29 is 0 Å². The van der Waals surface area contributed by atoms with Crippen molar-refractivity contribution in [1.29, 1.82) is 0 Å². The molecule has 4 heteroatoms. The molecule has 2 rings (SSSR count). The molecule has 2 aliphatic heterocycles. The van der Waals surface area contributed by atoms with Gasteiger partial charge in [0.15, 0.2) is 0 Å². The Morgan fingerprint density at radius 1 is 1.00 bits per heavy atom. The number of nitrogens with zero attached hydrogens (tertiary/aromatic N) is 1. The molecule has 2 nitrogen and oxygen atoms in total. The minimum absolute atomic E-state index is 0. The highest BCUT2D eigenvalue weighted by Gasteiger charge is 2.31. The van der Waals surface area contributed by atoms with Crippen LogP contribution in [0.5, 0.6) is 0 Å². The first kappa shape index (κ1) is 12.5. The normalized spacial score (nSPS) is 34.8. The lowest BCUT2D eigenvalue weighted by Gasteiger charge is -2.34. The Balaban J connectivity index is 0.000000605. The van der Waals surface area contributed by atoms with Crippen LogP contribution in [0.15, 0.2) is 0 Å². The summed E-state index contributed by atoms with van der Waals surface area (Å²) < 4.78 is 0. The molecule has 0 spiro atoms. The van der Waals surface area contributed by atoms with Gasteiger partial charge in [-0.05, 0) is 38.8 Å². The van der Waals surface area contributed by atoms with E-state index in [-0.39, 0.29) is 24.8 Å². The third-order valence-corrected chi connectivity index (χ3v) is 2.89. The lowest BCUT2D eigenvalue weighted by molar-refractivity contribution is 0.174. The van der Waals surface area contributed by atoms with Crippen LogP contribution in [0.1, 0.15) is 25.7 Å². The fraction of sp³-hybridized carbons (Fsp3) is 1.00. The van der Waals surface area contributed by atoms with E-state index >= 15 is 0 Å². The van der Waals surface area contributed by atoms with E-state index in [1.165, 1.54) is 38.8 Å². The van der Waals surface area contributed by atoms with Gasteiger partial charge >= 0.3 is 0 Å². The van der Waals surface area contributed by atoms with E-state index in [1.54, 1.807) is 0 Å². The Labute approximate surface area is 86.7 Å². The number of hydrogen-bond donors (Lipinski definition) is 1. The lowest BCUT2D eigenvalue weighted by atomic mass is 9.98. The van der Waals surface area contributed by atoms with Crippen LogP contribution in [0.2, 0.25) is 0 Å². The molecule has 0 bridgehead atoms.